The lowest BCUT2D eigenvalue weighted by Crippen LogP contribution is -2.69. The van der Waals surface area contributed by atoms with E-state index < -0.39 is 12.0 Å². The van der Waals surface area contributed by atoms with E-state index in [4.69, 9.17) is 17.3 Å². The van der Waals surface area contributed by atoms with E-state index in [1.165, 1.54) is 4.90 Å². The summed E-state index contributed by atoms with van der Waals surface area (Å²) >= 11 is 6.02. The van der Waals surface area contributed by atoms with Crippen LogP contribution in [0.1, 0.15) is 36.8 Å². The molecule has 2 aromatic heterocycles. The molecule has 0 saturated carbocycles. The molecule has 10 heteroatoms. The lowest BCUT2D eigenvalue weighted by molar-refractivity contribution is -0.170. The summed E-state index contributed by atoms with van der Waals surface area (Å²) in [6, 6.07) is 9.82. The van der Waals surface area contributed by atoms with Crippen LogP contribution in [0.3, 0.4) is 0 Å². The number of imide groups is 1. The van der Waals surface area contributed by atoms with Crippen molar-refractivity contribution < 1.29 is 14.4 Å². The molecule has 1 aromatic carbocycles. The topological polar surface area (TPSA) is 114 Å². The maximum atomic E-state index is 13.6. The highest BCUT2D eigenvalue weighted by Gasteiger charge is 2.55. The number of pyridine rings is 1. The second-order valence-electron chi connectivity index (χ2n) is 9.04. The third kappa shape index (κ3) is 4.97. The quantitative estimate of drug-likeness (QED) is 0.467. The van der Waals surface area contributed by atoms with Gasteiger partial charge in [-0.25, -0.2) is 9.97 Å². The Labute approximate surface area is 214 Å². The first-order chi connectivity index (χ1) is 17.2. The predicted molar refractivity (Wildman–Crippen MR) is 137 cm³/mol. The number of carbonyl (C=O) groups is 3. The van der Waals surface area contributed by atoms with Crippen LogP contribution in [-0.4, -0.2) is 50.2 Å². The van der Waals surface area contributed by atoms with Crippen LogP contribution in [0.25, 0.3) is 0 Å². The number of hydrogen-bond donors (Lipinski definition) is 1. The second kappa shape index (κ2) is 10.5. The summed E-state index contributed by atoms with van der Waals surface area (Å²) in [4.78, 5) is 51.1. The molecule has 1 aliphatic heterocycles. The van der Waals surface area contributed by atoms with Crippen molar-refractivity contribution in [3.8, 4) is 0 Å². The molecule has 1 saturated heterocycles. The van der Waals surface area contributed by atoms with Crippen LogP contribution >= 0.6 is 11.6 Å². The van der Waals surface area contributed by atoms with Gasteiger partial charge in [-0.3, -0.25) is 24.2 Å². The average molecular weight is 509 g/mol. The molecule has 2 N–H and O–H groups in total. The van der Waals surface area contributed by atoms with Crippen LogP contribution in [0.15, 0.2) is 55.0 Å². The smallest absolute Gasteiger partial charge is 0.253 e. The molecule has 3 amide bonds. The zero-order chi connectivity index (χ0) is 26.0. The zero-order valence-corrected chi connectivity index (χ0v) is 21.2. The highest BCUT2D eigenvalue weighted by Crippen LogP contribution is 2.35. The Bertz CT molecular complexity index is 1270. The Morgan fingerprint density at radius 2 is 1.89 bits per heavy atom. The molecule has 3 aromatic rings. The van der Waals surface area contributed by atoms with Crippen LogP contribution in [-0.2, 0) is 27.9 Å². The number of β-lactam (4-membered cyclic amide) rings is 1. The number of anilines is 2. The van der Waals surface area contributed by atoms with Crippen LogP contribution < -0.4 is 10.6 Å². The van der Waals surface area contributed by atoms with Crippen molar-refractivity contribution in [1.29, 1.82) is 0 Å². The van der Waals surface area contributed by atoms with E-state index in [-0.39, 0.29) is 36.5 Å². The minimum atomic E-state index is -0.941. The Morgan fingerprint density at radius 3 is 2.50 bits per heavy atom. The first kappa shape index (κ1) is 25.4. The Hall–Kier alpha value is -3.72. The molecule has 0 unspecified atom stereocenters. The van der Waals surface area contributed by atoms with Crippen molar-refractivity contribution in [3.05, 3.63) is 71.1 Å². The fourth-order valence-electron chi connectivity index (χ4n) is 4.70. The summed E-state index contributed by atoms with van der Waals surface area (Å²) in [7, 11) is 3.37. The third-order valence-electron chi connectivity index (χ3n) is 6.72. The van der Waals surface area contributed by atoms with E-state index in [1.807, 2.05) is 19.1 Å². The number of benzene rings is 1. The maximum Gasteiger partial charge on any atom is 0.253 e. The van der Waals surface area contributed by atoms with E-state index >= 15 is 0 Å². The van der Waals surface area contributed by atoms with Gasteiger partial charge in [-0.15, -0.1) is 0 Å². The first-order valence-corrected chi connectivity index (χ1v) is 12.2. The molecule has 3 heterocycles. The van der Waals surface area contributed by atoms with Gasteiger partial charge >= 0.3 is 0 Å². The van der Waals surface area contributed by atoms with Gasteiger partial charge in [0.25, 0.3) is 5.91 Å². The molecule has 4 rings (SSSR count). The van der Waals surface area contributed by atoms with E-state index in [9.17, 15) is 14.4 Å². The molecule has 0 spiro atoms. The largest absolute Gasteiger partial charge is 0.384 e. The van der Waals surface area contributed by atoms with E-state index in [1.54, 1.807) is 61.5 Å². The van der Waals surface area contributed by atoms with Gasteiger partial charge in [0, 0.05) is 44.1 Å². The number of hydrogen-bond acceptors (Lipinski definition) is 6. The lowest BCUT2D eigenvalue weighted by atomic mass is 9.80. The fourth-order valence-corrected chi connectivity index (χ4v) is 4.83. The molecular weight excluding hydrogens is 480 g/mol. The Kier molecular flexibility index (Phi) is 7.40. The molecule has 0 aliphatic carbocycles. The summed E-state index contributed by atoms with van der Waals surface area (Å²) in [5, 5.41) is 0.612. The van der Waals surface area contributed by atoms with Crippen LogP contribution in [0, 0.1) is 5.92 Å². The SMILES string of the molecule is CC[C@@H](CC(=O)N1C(=O)[C@H](Cc2ccnc(N)c2)[C@H]1C(=O)N(C)c1nccn1C)c1ccc(Cl)cc1. The Balaban J connectivity index is 1.60. The molecule has 9 nitrogen and oxygen atoms in total. The third-order valence-corrected chi connectivity index (χ3v) is 6.97. The number of nitrogen functional groups attached to an aromatic ring is 1. The molecule has 36 heavy (non-hydrogen) atoms. The van der Waals surface area contributed by atoms with Crippen LogP contribution in [0.4, 0.5) is 11.8 Å². The van der Waals surface area contributed by atoms with Gasteiger partial charge in [-0.05, 0) is 54.2 Å². The average Bonchev–Trinajstić information content (AvgIpc) is 3.29. The second-order valence-corrected chi connectivity index (χ2v) is 9.48. The van der Waals surface area contributed by atoms with Gasteiger partial charge in [-0.1, -0.05) is 30.7 Å². The van der Waals surface area contributed by atoms with Crippen LogP contribution in [0.5, 0.6) is 0 Å². The number of nitrogens with two attached hydrogens (primary N) is 1. The number of likely N-dealkylation sites (tertiary alicyclic amines) is 1. The van der Waals surface area contributed by atoms with Crippen molar-refractivity contribution in [1.82, 2.24) is 19.4 Å². The molecule has 3 atom stereocenters. The number of nitrogens with zero attached hydrogens (tertiary/aromatic N) is 5. The number of aryl methyl sites for hydroxylation is 1. The number of halogens is 1. The van der Waals surface area contributed by atoms with Crippen molar-refractivity contribution >= 4 is 41.1 Å². The summed E-state index contributed by atoms with van der Waals surface area (Å²) in [5.41, 5.74) is 7.54. The predicted octanol–water partition coefficient (Wildman–Crippen LogP) is 3.19. The van der Waals surface area contributed by atoms with Crippen molar-refractivity contribution in [2.75, 3.05) is 17.7 Å². The number of aromatic nitrogens is 3. The minimum Gasteiger partial charge on any atom is -0.384 e. The maximum absolute atomic E-state index is 13.6. The van der Waals surface area contributed by atoms with E-state index in [0.717, 1.165) is 16.0 Å². The molecule has 0 radical (unpaired) electrons. The Morgan fingerprint density at radius 1 is 1.17 bits per heavy atom. The van der Waals surface area contributed by atoms with E-state index in [0.29, 0.717) is 23.2 Å². The number of rotatable bonds is 8. The molecule has 1 aliphatic rings. The molecular formula is C26H29ClN6O3. The van der Waals surface area contributed by atoms with Gasteiger partial charge in [0.1, 0.15) is 11.9 Å². The first-order valence-electron chi connectivity index (χ1n) is 11.8. The van der Waals surface area contributed by atoms with Gasteiger partial charge < -0.3 is 10.3 Å². The lowest BCUT2D eigenvalue weighted by Gasteiger charge is -2.46. The standard InChI is InChI=1S/C26H29ClN6O3/c1-4-17(18-5-7-19(27)8-6-18)15-22(34)33-23(25(36)32(3)26-30-11-12-31(26)2)20(24(33)35)13-16-9-10-29-21(28)14-16/h5-12,14,17,20,23H,4,13,15H2,1-3H3,(H2,28,29)/t17-,20+,23-/m0/s1. The minimum absolute atomic E-state index is 0.106. The molecule has 0 bridgehead atoms. The monoisotopic (exact) mass is 508 g/mol. The van der Waals surface area contributed by atoms with Crippen molar-refractivity contribution in [2.24, 2.45) is 13.0 Å². The molecule has 188 valence electrons. The highest BCUT2D eigenvalue weighted by atomic mass is 35.5. The van der Waals surface area contributed by atoms with Gasteiger partial charge in [0.05, 0.1) is 5.92 Å². The fraction of sp³-hybridized carbons (Fsp3) is 0.346. The summed E-state index contributed by atoms with van der Waals surface area (Å²) < 4.78 is 1.71. The van der Waals surface area contributed by atoms with E-state index in [2.05, 4.69) is 9.97 Å². The van der Waals surface area contributed by atoms with Gasteiger partial charge in [0.2, 0.25) is 17.8 Å². The number of imidazole rings is 1. The van der Waals surface area contributed by atoms with Crippen LogP contribution in [0.2, 0.25) is 5.02 Å². The normalized spacial score (nSPS) is 18.0. The zero-order valence-electron chi connectivity index (χ0n) is 20.5. The van der Waals surface area contributed by atoms with Gasteiger partial charge in [-0.2, -0.15) is 0 Å². The highest BCUT2D eigenvalue weighted by molar-refractivity contribution is 6.30. The number of carbonyl (C=O) groups excluding carboxylic acids is 3. The number of amides is 3. The van der Waals surface area contributed by atoms with Crippen molar-refractivity contribution in [2.45, 2.75) is 38.1 Å². The summed E-state index contributed by atoms with van der Waals surface area (Å²) in [6.07, 6.45) is 5.95. The summed E-state index contributed by atoms with van der Waals surface area (Å²) in [6.45, 7) is 1.98. The summed E-state index contributed by atoms with van der Waals surface area (Å²) in [5.74, 6) is -1.16. The van der Waals surface area contributed by atoms with Crippen molar-refractivity contribution in [3.63, 3.8) is 0 Å². The number of likely N-dealkylation sites (N-methyl/N-ethyl adjacent to an activating group) is 1. The molecule has 1 fully saturated rings. The van der Waals surface area contributed by atoms with Gasteiger partial charge in [0.15, 0.2) is 0 Å².